The highest BCUT2D eigenvalue weighted by Gasteiger charge is 2.16. The number of pyridine rings is 1. The second kappa shape index (κ2) is 6.01. The van der Waals surface area contributed by atoms with Crippen LogP contribution in [0.5, 0.6) is 0 Å². The van der Waals surface area contributed by atoms with Gasteiger partial charge in [-0.2, -0.15) is 0 Å². The summed E-state index contributed by atoms with van der Waals surface area (Å²) in [5.41, 5.74) is 2.87. The summed E-state index contributed by atoms with van der Waals surface area (Å²) in [6, 6.07) is 1.95. The molecular formula is C13H18ClN3OS. The number of aromatic nitrogens is 3. The first-order valence-electron chi connectivity index (χ1n) is 6.26. The van der Waals surface area contributed by atoms with Crippen LogP contribution in [0.25, 0.3) is 11.2 Å². The summed E-state index contributed by atoms with van der Waals surface area (Å²) in [7, 11) is -0.770. The van der Waals surface area contributed by atoms with Crippen LogP contribution in [0.2, 0.25) is 0 Å². The Hall–Kier alpha value is -0.940. The molecule has 0 aromatic carbocycles. The zero-order chi connectivity index (χ0) is 14.0. The van der Waals surface area contributed by atoms with E-state index in [2.05, 4.69) is 9.97 Å². The Balaban J connectivity index is 2.41. The van der Waals surface area contributed by atoms with Crippen LogP contribution in [0.3, 0.4) is 0 Å². The normalized spacial score (nSPS) is 14.7. The van der Waals surface area contributed by atoms with Gasteiger partial charge in [0.1, 0.15) is 11.3 Å². The van der Waals surface area contributed by atoms with E-state index in [-0.39, 0.29) is 5.38 Å². The summed E-state index contributed by atoms with van der Waals surface area (Å²) >= 11 is 6.20. The molecule has 0 fully saturated rings. The summed E-state index contributed by atoms with van der Waals surface area (Å²) in [6.07, 6.45) is 4.34. The molecule has 2 unspecified atom stereocenters. The average Bonchev–Trinajstić information content (AvgIpc) is 2.70. The number of halogens is 1. The Labute approximate surface area is 120 Å². The van der Waals surface area contributed by atoms with E-state index in [1.165, 1.54) is 0 Å². The van der Waals surface area contributed by atoms with Gasteiger partial charge in [0.2, 0.25) is 0 Å². The van der Waals surface area contributed by atoms with E-state index < -0.39 is 10.8 Å². The van der Waals surface area contributed by atoms with Crippen molar-refractivity contribution in [1.29, 1.82) is 0 Å². The summed E-state index contributed by atoms with van der Waals surface area (Å²) in [4.78, 5) is 9.01. The number of aryl methyl sites for hydroxylation is 2. The number of fused-ring (bicyclic) bond motifs is 1. The monoisotopic (exact) mass is 299 g/mol. The number of hydrogen-bond acceptors (Lipinski definition) is 3. The van der Waals surface area contributed by atoms with E-state index in [4.69, 9.17) is 11.6 Å². The standard InChI is InChI=1S/C13H18ClN3OS/c1-9-5-6-15-13-11(9)16-12(10(2)14)17(13)7-4-8-19(3)18/h5-6,10H,4,7-8H2,1-3H3. The average molecular weight is 300 g/mol. The third-order valence-electron chi connectivity index (χ3n) is 3.03. The number of alkyl halides is 1. The molecule has 104 valence electrons. The molecule has 0 N–H and O–H groups in total. The first kappa shape index (κ1) is 14.5. The third kappa shape index (κ3) is 3.15. The maximum absolute atomic E-state index is 11.2. The van der Waals surface area contributed by atoms with Gasteiger partial charge >= 0.3 is 0 Å². The lowest BCUT2D eigenvalue weighted by molar-refractivity contribution is 0.642. The van der Waals surface area contributed by atoms with Gasteiger partial charge in [0.15, 0.2) is 5.65 Å². The van der Waals surface area contributed by atoms with Gasteiger partial charge in [0.05, 0.1) is 5.38 Å². The van der Waals surface area contributed by atoms with Crippen LogP contribution in [-0.2, 0) is 17.3 Å². The molecule has 0 spiro atoms. The van der Waals surface area contributed by atoms with Crippen molar-refractivity contribution in [1.82, 2.24) is 14.5 Å². The number of rotatable bonds is 5. The molecule has 0 saturated carbocycles. The maximum Gasteiger partial charge on any atom is 0.160 e. The quantitative estimate of drug-likeness (QED) is 0.798. The highest BCUT2D eigenvalue weighted by Crippen LogP contribution is 2.25. The number of imidazole rings is 1. The predicted octanol–water partition coefficient (Wildman–Crippen LogP) is 2.81. The lowest BCUT2D eigenvalue weighted by atomic mass is 10.3. The van der Waals surface area contributed by atoms with Gasteiger partial charge in [-0.1, -0.05) is 0 Å². The van der Waals surface area contributed by atoms with E-state index in [0.29, 0.717) is 5.75 Å². The molecule has 2 rings (SSSR count). The first-order chi connectivity index (χ1) is 9.00. The van der Waals surface area contributed by atoms with Crippen LogP contribution < -0.4 is 0 Å². The molecule has 19 heavy (non-hydrogen) atoms. The Bertz CT molecular complexity index is 609. The molecule has 2 atom stereocenters. The molecule has 0 aliphatic rings. The molecule has 2 heterocycles. The van der Waals surface area contributed by atoms with Crippen molar-refractivity contribution in [3.05, 3.63) is 23.7 Å². The van der Waals surface area contributed by atoms with Crippen LogP contribution in [0.4, 0.5) is 0 Å². The summed E-state index contributed by atoms with van der Waals surface area (Å²) in [6.45, 7) is 4.68. The highest BCUT2D eigenvalue weighted by molar-refractivity contribution is 7.84. The van der Waals surface area contributed by atoms with E-state index in [0.717, 1.165) is 35.5 Å². The summed E-state index contributed by atoms with van der Waals surface area (Å²) < 4.78 is 13.2. The molecule has 4 nitrogen and oxygen atoms in total. The Morgan fingerprint density at radius 3 is 2.89 bits per heavy atom. The fourth-order valence-corrected chi connectivity index (χ4v) is 2.81. The lowest BCUT2D eigenvalue weighted by Crippen LogP contribution is -2.08. The van der Waals surface area contributed by atoms with Gasteiger partial charge in [-0.15, -0.1) is 11.6 Å². The van der Waals surface area contributed by atoms with Crippen LogP contribution in [-0.4, -0.2) is 30.8 Å². The van der Waals surface area contributed by atoms with Crippen molar-refractivity contribution in [3.63, 3.8) is 0 Å². The predicted molar refractivity (Wildman–Crippen MR) is 80.1 cm³/mol. The van der Waals surface area contributed by atoms with Gasteiger partial charge in [-0.3, -0.25) is 4.21 Å². The van der Waals surface area contributed by atoms with Gasteiger partial charge < -0.3 is 4.57 Å². The fraction of sp³-hybridized carbons (Fsp3) is 0.538. The molecule has 6 heteroatoms. The van der Waals surface area contributed by atoms with Crippen molar-refractivity contribution in [2.45, 2.75) is 32.2 Å². The SMILES string of the molecule is Cc1ccnc2c1nc(C(C)Cl)n2CCCS(C)=O. The molecule has 0 amide bonds. The fourth-order valence-electron chi connectivity index (χ4n) is 2.11. The summed E-state index contributed by atoms with van der Waals surface area (Å²) in [5.74, 6) is 1.52. The molecule has 0 radical (unpaired) electrons. The van der Waals surface area contributed by atoms with Crippen LogP contribution >= 0.6 is 11.6 Å². The van der Waals surface area contributed by atoms with Crippen LogP contribution in [0.15, 0.2) is 12.3 Å². The molecule has 0 bridgehead atoms. The minimum atomic E-state index is -0.770. The smallest absolute Gasteiger partial charge is 0.160 e. The van der Waals surface area contributed by atoms with Crippen molar-refractivity contribution in [3.8, 4) is 0 Å². The lowest BCUT2D eigenvalue weighted by Gasteiger charge is -2.09. The van der Waals surface area contributed by atoms with Crippen molar-refractivity contribution in [2.75, 3.05) is 12.0 Å². The minimum Gasteiger partial charge on any atom is -0.311 e. The number of nitrogens with zero attached hydrogens (tertiary/aromatic N) is 3. The third-order valence-corrected chi connectivity index (χ3v) is 4.09. The molecular weight excluding hydrogens is 282 g/mol. The van der Waals surface area contributed by atoms with Gasteiger partial charge in [0, 0.05) is 35.5 Å². The van der Waals surface area contributed by atoms with E-state index >= 15 is 0 Å². The largest absolute Gasteiger partial charge is 0.311 e. The zero-order valence-corrected chi connectivity index (χ0v) is 13.0. The second-order valence-electron chi connectivity index (χ2n) is 4.67. The van der Waals surface area contributed by atoms with E-state index in [9.17, 15) is 4.21 Å². The van der Waals surface area contributed by atoms with E-state index in [1.54, 1.807) is 12.5 Å². The topological polar surface area (TPSA) is 47.8 Å². The van der Waals surface area contributed by atoms with E-state index in [1.807, 2.05) is 24.5 Å². The van der Waals surface area contributed by atoms with Gasteiger partial charge in [-0.25, -0.2) is 9.97 Å². The zero-order valence-electron chi connectivity index (χ0n) is 11.4. The molecule has 0 aliphatic heterocycles. The summed E-state index contributed by atoms with van der Waals surface area (Å²) in [5, 5.41) is -0.166. The van der Waals surface area contributed by atoms with Crippen molar-refractivity contribution >= 4 is 33.6 Å². The molecule has 0 saturated heterocycles. The molecule has 2 aromatic rings. The van der Waals surface area contributed by atoms with Crippen molar-refractivity contribution in [2.24, 2.45) is 0 Å². The van der Waals surface area contributed by atoms with Gasteiger partial charge in [0.25, 0.3) is 0 Å². The van der Waals surface area contributed by atoms with Crippen molar-refractivity contribution < 1.29 is 4.21 Å². The molecule has 0 aliphatic carbocycles. The Kier molecular flexibility index (Phi) is 4.58. The second-order valence-corrected chi connectivity index (χ2v) is 6.88. The van der Waals surface area contributed by atoms with Crippen LogP contribution in [0.1, 0.15) is 30.1 Å². The Morgan fingerprint density at radius 2 is 2.26 bits per heavy atom. The highest BCUT2D eigenvalue weighted by atomic mass is 35.5. The Morgan fingerprint density at radius 1 is 1.53 bits per heavy atom. The van der Waals surface area contributed by atoms with Crippen LogP contribution in [0, 0.1) is 6.92 Å². The minimum absolute atomic E-state index is 0.166. The van der Waals surface area contributed by atoms with Gasteiger partial charge in [-0.05, 0) is 31.9 Å². The first-order valence-corrected chi connectivity index (χ1v) is 8.43. The number of hydrogen-bond donors (Lipinski definition) is 0. The molecule has 2 aromatic heterocycles. The maximum atomic E-state index is 11.2.